The lowest BCUT2D eigenvalue weighted by Crippen LogP contribution is -2.35. The zero-order valence-electron chi connectivity index (χ0n) is 14.9. The van der Waals surface area contributed by atoms with Crippen molar-refractivity contribution in [1.29, 1.82) is 0 Å². The summed E-state index contributed by atoms with van der Waals surface area (Å²) in [4.78, 5) is 35.2. The van der Waals surface area contributed by atoms with Crippen LogP contribution in [0.15, 0.2) is 54.6 Å². The third-order valence-corrected chi connectivity index (χ3v) is 3.85. The standard InChI is InChI=1S/C20H21FN2O4/c1-14(15-7-3-2-4-8-15)11-22-18(24)13-27-19(25)12-23-20(26)16-9-5-6-10-17(16)21/h2-10,14H,11-13H2,1H3,(H,22,24)(H,23,26)/t14-/m0/s1. The fraction of sp³-hybridized carbons (Fsp3) is 0.250. The number of rotatable bonds is 8. The normalized spacial score (nSPS) is 11.3. The second-order valence-electron chi connectivity index (χ2n) is 5.94. The molecule has 0 saturated carbocycles. The molecule has 7 heteroatoms. The lowest BCUT2D eigenvalue weighted by molar-refractivity contribution is -0.147. The third-order valence-electron chi connectivity index (χ3n) is 3.85. The van der Waals surface area contributed by atoms with Crippen molar-refractivity contribution in [3.8, 4) is 0 Å². The molecule has 0 bridgehead atoms. The third kappa shape index (κ3) is 6.54. The topological polar surface area (TPSA) is 84.5 Å². The van der Waals surface area contributed by atoms with Crippen LogP contribution in [0.3, 0.4) is 0 Å². The number of carbonyl (C=O) groups excluding carboxylic acids is 3. The van der Waals surface area contributed by atoms with Crippen LogP contribution in [0.4, 0.5) is 4.39 Å². The molecular weight excluding hydrogens is 351 g/mol. The first kappa shape index (κ1) is 20.1. The Kier molecular flexibility index (Phi) is 7.49. The Bertz CT molecular complexity index is 796. The van der Waals surface area contributed by atoms with Crippen LogP contribution in [0.2, 0.25) is 0 Å². The van der Waals surface area contributed by atoms with Crippen LogP contribution in [-0.2, 0) is 14.3 Å². The van der Waals surface area contributed by atoms with E-state index in [2.05, 4.69) is 10.6 Å². The van der Waals surface area contributed by atoms with Gasteiger partial charge in [-0.1, -0.05) is 49.4 Å². The molecule has 0 unspecified atom stereocenters. The SMILES string of the molecule is C[C@@H](CNC(=O)COC(=O)CNC(=O)c1ccccc1F)c1ccccc1. The Morgan fingerprint density at radius 3 is 2.37 bits per heavy atom. The van der Waals surface area contributed by atoms with Crippen molar-refractivity contribution in [2.75, 3.05) is 19.7 Å². The van der Waals surface area contributed by atoms with Gasteiger partial charge >= 0.3 is 5.97 Å². The molecule has 2 N–H and O–H groups in total. The zero-order chi connectivity index (χ0) is 19.6. The minimum absolute atomic E-state index is 0.117. The molecule has 0 aliphatic heterocycles. The van der Waals surface area contributed by atoms with Crippen LogP contribution >= 0.6 is 0 Å². The van der Waals surface area contributed by atoms with Crippen molar-refractivity contribution in [3.05, 3.63) is 71.5 Å². The Hall–Kier alpha value is -3.22. The van der Waals surface area contributed by atoms with Crippen molar-refractivity contribution in [2.24, 2.45) is 0 Å². The lowest BCUT2D eigenvalue weighted by Gasteiger charge is -2.13. The Labute approximate surface area is 156 Å². The fourth-order valence-electron chi connectivity index (χ4n) is 2.31. The van der Waals surface area contributed by atoms with Crippen LogP contribution in [0.25, 0.3) is 0 Å². The summed E-state index contributed by atoms with van der Waals surface area (Å²) in [5, 5.41) is 4.93. The minimum Gasteiger partial charge on any atom is -0.454 e. The van der Waals surface area contributed by atoms with Crippen molar-refractivity contribution >= 4 is 17.8 Å². The number of nitrogens with one attached hydrogen (secondary N) is 2. The summed E-state index contributed by atoms with van der Waals surface area (Å²) in [6, 6.07) is 15.1. The summed E-state index contributed by atoms with van der Waals surface area (Å²) in [7, 11) is 0. The molecule has 0 fully saturated rings. The summed E-state index contributed by atoms with van der Waals surface area (Å²) < 4.78 is 18.3. The van der Waals surface area contributed by atoms with Gasteiger partial charge in [-0.15, -0.1) is 0 Å². The van der Waals surface area contributed by atoms with Gasteiger partial charge in [-0.25, -0.2) is 4.39 Å². The van der Waals surface area contributed by atoms with E-state index in [0.717, 1.165) is 11.6 Å². The second-order valence-corrected chi connectivity index (χ2v) is 5.94. The summed E-state index contributed by atoms with van der Waals surface area (Å²) in [5.41, 5.74) is 0.920. The van der Waals surface area contributed by atoms with E-state index in [1.54, 1.807) is 0 Å². The van der Waals surface area contributed by atoms with Crippen molar-refractivity contribution in [2.45, 2.75) is 12.8 Å². The summed E-state index contributed by atoms with van der Waals surface area (Å²) in [6.07, 6.45) is 0. The maximum atomic E-state index is 13.5. The molecule has 0 aromatic heterocycles. The molecule has 27 heavy (non-hydrogen) atoms. The Morgan fingerprint density at radius 1 is 1.00 bits per heavy atom. The maximum absolute atomic E-state index is 13.5. The van der Waals surface area contributed by atoms with E-state index >= 15 is 0 Å². The van der Waals surface area contributed by atoms with Crippen LogP contribution in [-0.4, -0.2) is 37.5 Å². The van der Waals surface area contributed by atoms with Crippen molar-refractivity contribution in [1.82, 2.24) is 10.6 Å². The van der Waals surface area contributed by atoms with Gasteiger partial charge in [0.1, 0.15) is 12.4 Å². The molecule has 2 aromatic carbocycles. The number of hydrogen-bond donors (Lipinski definition) is 2. The van der Waals surface area contributed by atoms with Gasteiger partial charge in [-0.3, -0.25) is 14.4 Å². The zero-order valence-corrected chi connectivity index (χ0v) is 14.9. The number of carbonyl (C=O) groups is 3. The largest absolute Gasteiger partial charge is 0.454 e. The molecule has 0 aliphatic rings. The number of ether oxygens (including phenoxy) is 1. The first-order chi connectivity index (χ1) is 13.0. The van der Waals surface area contributed by atoms with E-state index in [4.69, 9.17) is 4.74 Å². The highest BCUT2D eigenvalue weighted by Crippen LogP contribution is 2.12. The summed E-state index contributed by atoms with van der Waals surface area (Å²) >= 11 is 0. The molecule has 2 amide bonds. The molecule has 0 aliphatic carbocycles. The van der Waals surface area contributed by atoms with Gasteiger partial charge in [-0.2, -0.15) is 0 Å². The van der Waals surface area contributed by atoms with Crippen LogP contribution in [0.1, 0.15) is 28.8 Å². The molecule has 0 heterocycles. The highest BCUT2D eigenvalue weighted by Gasteiger charge is 2.14. The minimum atomic E-state index is -0.786. The maximum Gasteiger partial charge on any atom is 0.325 e. The van der Waals surface area contributed by atoms with E-state index < -0.39 is 36.8 Å². The number of benzene rings is 2. The van der Waals surface area contributed by atoms with Gasteiger partial charge in [0.05, 0.1) is 5.56 Å². The monoisotopic (exact) mass is 372 g/mol. The first-order valence-electron chi connectivity index (χ1n) is 8.47. The molecule has 142 valence electrons. The van der Waals surface area contributed by atoms with Gasteiger partial charge in [0.15, 0.2) is 6.61 Å². The quantitative estimate of drug-likeness (QED) is 0.695. The van der Waals surface area contributed by atoms with E-state index in [0.29, 0.717) is 6.54 Å². The predicted octanol–water partition coefficient (Wildman–Crippen LogP) is 2.02. The summed E-state index contributed by atoms with van der Waals surface area (Å²) in [6.45, 7) is 1.47. The van der Waals surface area contributed by atoms with Crippen LogP contribution in [0.5, 0.6) is 0 Å². The predicted molar refractivity (Wildman–Crippen MR) is 97.6 cm³/mol. The van der Waals surface area contributed by atoms with Gasteiger partial charge < -0.3 is 15.4 Å². The average Bonchev–Trinajstić information content (AvgIpc) is 2.69. The fourth-order valence-corrected chi connectivity index (χ4v) is 2.31. The van der Waals surface area contributed by atoms with Crippen molar-refractivity contribution < 1.29 is 23.5 Å². The molecule has 2 aromatic rings. The molecule has 1 atom stereocenters. The highest BCUT2D eigenvalue weighted by molar-refractivity contribution is 5.96. The molecular formula is C20H21FN2O4. The van der Waals surface area contributed by atoms with E-state index in [-0.39, 0.29) is 11.5 Å². The smallest absolute Gasteiger partial charge is 0.325 e. The number of halogens is 1. The molecule has 0 radical (unpaired) electrons. The second kappa shape index (κ2) is 10.1. The van der Waals surface area contributed by atoms with Gasteiger partial charge in [0, 0.05) is 6.54 Å². The first-order valence-corrected chi connectivity index (χ1v) is 8.47. The Morgan fingerprint density at radius 2 is 1.67 bits per heavy atom. The lowest BCUT2D eigenvalue weighted by atomic mass is 10.0. The van der Waals surface area contributed by atoms with Crippen LogP contribution < -0.4 is 10.6 Å². The van der Waals surface area contributed by atoms with Crippen molar-refractivity contribution in [3.63, 3.8) is 0 Å². The number of amides is 2. The molecule has 6 nitrogen and oxygen atoms in total. The molecule has 0 spiro atoms. The van der Waals surface area contributed by atoms with Crippen LogP contribution in [0, 0.1) is 5.82 Å². The van der Waals surface area contributed by atoms with E-state index in [9.17, 15) is 18.8 Å². The average molecular weight is 372 g/mol. The number of hydrogen-bond acceptors (Lipinski definition) is 4. The van der Waals surface area contributed by atoms with E-state index in [1.165, 1.54) is 18.2 Å². The molecule has 2 rings (SSSR count). The highest BCUT2D eigenvalue weighted by atomic mass is 19.1. The Balaban J connectivity index is 1.67. The van der Waals surface area contributed by atoms with E-state index in [1.807, 2.05) is 37.3 Å². The summed E-state index contributed by atoms with van der Waals surface area (Å²) in [5.74, 6) is -2.52. The number of esters is 1. The van der Waals surface area contributed by atoms with Gasteiger partial charge in [0.2, 0.25) is 0 Å². The molecule has 0 saturated heterocycles. The van der Waals surface area contributed by atoms with Gasteiger partial charge in [-0.05, 0) is 23.6 Å². The van der Waals surface area contributed by atoms with Gasteiger partial charge in [0.25, 0.3) is 11.8 Å².